The van der Waals surface area contributed by atoms with Crippen molar-refractivity contribution >= 4 is 5.82 Å². The Labute approximate surface area is 112 Å². The fourth-order valence-electron chi connectivity index (χ4n) is 1.81. The maximum Gasteiger partial charge on any atom is 0.130 e. The maximum atomic E-state index is 13.6. The molecule has 1 heterocycles. The number of aromatic nitrogens is 2. The van der Waals surface area contributed by atoms with Crippen LogP contribution in [-0.2, 0) is 0 Å². The molecule has 4 heteroatoms. The lowest BCUT2D eigenvalue weighted by Gasteiger charge is -2.08. The zero-order valence-electron chi connectivity index (χ0n) is 11.5. The Morgan fingerprint density at radius 2 is 1.95 bits per heavy atom. The van der Waals surface area contributed by atoms with Crippen molar-refractivity contribution in [2.24, 2.45) is 0 Å². The van der Waals surface area contributed by atoms with Crippen LogP contribution in [0.15, 0.2) is 24.3 Å². The average molecular weight is 259 g/mol. The lowest BCUT2D eigenvalue weighted by atomic mass is 10.1. The molecule has 0 amide bonds. The summed E-state index contributed by atoms with van der Waals surface area (Å²) in [5, 5.41) is 3.23. The summed E-state index contributed by atoms with van der Waals surface area (Å²) in [6.45, 7) is 6.54. The molecular weight excluding hydrogens is 241 g/mol. The number of halogens is 1. The van der Waals surface area contributed by atoms with Gasteiger partial charge in [-0.1, -0.05) is 19.1 Å². The number of nitrogens with one attached hydrogen (secondary N) is 1. The van der Waals surface area contributed by atoms with Crippen molar-refractivity contribution in [2.45, 2.75) is 27.2 Å². The molecular formula is C15H18FN3. The first-order valence-electron chi connectivity index (χ1n) is 6.46. The zero-order valence-corrected chi connectivity index (χ0v) is 11.5. The summed E-state index contributed by atoms with van der Waals surface area (Å²) in [4.78, 5) is 8.69. The molecule has 0 spiro atoms. The molecule has 19 heavy (non-hydrogen) atoms. The van der Waals surface area contributed by atoms with Gasteiger partial charge in [0.25, 0.3) is 0 Å². The van der Waals surface area contributed by atoms with Crippen LogP contribution in [0.2, 0.25) is 0 Å². The van der Waals surface area contributed by atoms with Crippen molar-refractivity contribution < 1.29 is 4.39 Å². The van der Waals surface area contributed by atoms with E-state index in [1.807, 2.05) is 19.1 Å². The highest BCUT2D eigenvalue weighted by molar-refractivity contribution is 5.63. The summed E-state index contributed by atoms with van der Waals surface area (Å²) in [7, 11) is 0. The number of rotatable bonds is 4. The minimum atomic E-state index is -0.211. The standard InChI is InChI=1S/C15H18FN3/c1-4-7-17-15-9-14(18-11(3)19-15)12-6-5-10(2)13(16)8-12/h5-6,8-9H,4,7H2,1-3H3,(H,17,18,19). The smallest absolute Gasteiger partial charge is 0.130 e. The van der Waals surface area contributed by atoms with Crippen LogP contribution >= 0.6 is 0 Å². The average Bonchev–Trinajstić information content (AvgIpc) is 2.39. The predicted molar refractivity (Wildman–Crippen MR) is 75.7 cm³/mol. The molecule has 0 aliphatic carbocycles. The molecule has 100 valence electrons. The van der Waals surface area contributed by atoms with Crippen LogP contribution in [0, 0.1) is 19.7 Å². The maximum absolute atomic E-state index is 13.6. The Balaban J connectivity index is 2.37. The van der Waals surface area contributed by atoms with Gasteiger partial charge in [0.15, 0.2) is 0 Å². The number of benzene rings is 1. The van der Waals surface area contributed by atoms with Crippen LogP contribution in [-0.4, -0.2) is 16.5 Å². The Kier molecular flexibility index (Phi) is 4.10. The highest BCUT2D eigenvalue weighted by atomic mass is 19.1. The van der Waals surface area contributed by atoms with Gasteiger partial charge in [-0.25, -0.2) is 14.4 Å². The fraction of sp³-hybridized carbons (Fsp3) is 0.333. The summed E-state index contributed by atoms with van der Waals surface area (Å²) in [6, 6.07) is 7.01. The van der Waals surface area contributed by atoms with Gasteiger partial charge in [0.2, 0.25) is 0 Å². The quantitative estimate of drug-likeness (QED) is 0.909. The molecule has 0 atom stereocenters. The van der Waals surface area contributed by atoms with Gasteiger partial charge in [0, 0.05) is 18.2 Å². The molecule has 0 aliphatic rings. The van der Waals surface area contributed by atoms with Crippen molar-refractivity contribution in [3.8, 4) is 11.3 Å². The molecule has 1 aromatic heterocycles. The van der Waals surface area contributed by atoms with Gasteiger partial charge in [-0.3, -0.25) is 0 Å². The van der Waals surface area contributed by atoms with Gasteiger partial charge in [-0.2, -0.15) is 0 Å². The molecule has 0 fully saturated rings. The predicted octanol–water partition coefficient (Wildman–Crippen LogP) is 3.72. The van der Waals surface area contributed by atoms with E-state index in [4.69, 9.17) is 0 Å². The van der Waals surface area contributed by atoms with Gasteiger partial charge < -0.3 is 5.32 Å². The number of anilines is 1. The third-order valence-electron chi connectivity index (χ3n) is 2.86. The van der Waals surface area contributed by atoms with Crippen molar-refractivity contribution in [3.63, 3.8) is 0 Å². The molecule has 0 aliphatic heterocycles. The number of hydrogen-bond acceptors (Lipinski definition) is 3. The normalized spacial score (nSPS) is 10.5. The zero-order chi connectivity index (χ0) is 13.8. The Morgan fingerprint density at radius 3 is 2.63 bits per heavy atom. The second-order valence-electron chi connectivity index (χ2n) is 4.58. The van der Waals surface area contributed by atoms with Crippen LogP contribution in [0.5, 0.6) is 0 Å². The molecule has 0 radical (unpaired) electrons. The summed E-state index contributed by atoms with van der Waals surface area (Å²) in [6.07, 6.45) is 1.03. The van der Waals surface area contributed by atoms with Gasteiger partial charge in [-0.05, 0) is 31.9 Å². The molecule has 2 rings (SSSR count). The van der Waals surface area contributed by atoms with Gasteiger partial charge in [0.1, 0.15) is 17.5 Å². The topological polar surface area (TPSA) is 37.8 Å². The van der Waals surface area contributed by atoms with E-state index in [2.05, 4.69) is 22.2 Å². The van der Waals surface area contributed by atoms with E-state index in [-0.39, 0.29) is 5.82 Å². The number of aryl methyl sites for hydroxylation is 2. The molecule has 1 N–H and O–H groups in total. The third-order valence-corrected chi connectivity index (χ3v) is 2.86. The SMILES string of the molecule is CCCNc1cc(-c2ccc(C)c(F)c2)nc(C)n1. The van der Waals surface area contributed by atoms with Crippen molar-refractivity contribution in [3.05, 3.63) is 41.5 Å². The highest BCUT2D eigenvalue weighted by Crippen LogP contribution is 2.22. The Bertz CT molecular complexity index is 582. The Hall–Kier alpha value is -1.97. The summed E-state index contributed by atoms with van der Waals surface area (Å²) in [5.74, 6) is 1.25. The van der Waals surface area contributed by atoms with Crippen LogP contribution < -0.4 is 5.32 Å². The molecule has 3 nitrogen and oxygen atoms in total. The fourth-order valence-corrected chi connectivity index (χ4v) is 1.81. The molecule has 0 unspecified atom stereocenters. The lowest BCUT2D eigenvalue weighted by molar-refractivity contribution is 0.619. The molecule has 1 aromatic carbocycles. The Morgan fingerprint density at radius 1 is 1.16 bits per heavy atom. The third kappa shape index (κ3) is 3.28. The highest BCUT2D eigenvalue weighted by Gasteiger charge is 2.06. The van der Waals surface area contributed by atoms with Crippen LogP contribution in [0.1, 0.15) is 24.7 Å². The second kappa shape index (κ2) is 5.78. The molecule has 0 bridgehead atoms. The minimum Gasteiger partial charge on any atom is -0.370 e. The molecule has 0 saturated carbocycles. The first-order valence-corrected chi connectivity index (χ1v) is 6.46. The van der Waals surface area contributed by atoms with Gasteiger partial charge in [0.05, 0.1) is 5.69 Å². The van der Waals surface area contributed by atoms with E-state index in [9.17, 15) is 4.39 Å². The van der Waals surface area contributed by atoms with Crippen LogP contribution in [0.4, 0.5) is 10.2 Å². The molecule has 0 saturated heterocycles. The number of hydrogen-bond donors (Lipinski definition) is 1. The van der Waals surface area contributed by atoms with Gasteiger partial charge in [-0.15, -0.1) is 0 Å². The number of nitrogens with zero attached hydrogens (tertiary/aromatic N) is 2. The summed E-state index contributed by atoms with van der Waals surface area (Å²) >= 11 is 0. The minimum absolute atomic E-state index is 0.211. The van der Waals surface area contributed by atoms with Crippen molar-refractivity contribution in [2.75, 3.05) is 11.9 Å². The second-order valence-corrected chi connectivity index (χ2v) is 4.58. The van der Waals surface area contributed by atoms with E-state index in [1.54, 1.807) is 13.0 Å². The van der Waals surface area contributed by atoms with Crippen LogP contribution in [0.3, 0.4) is 0 Å². The van der Waals surface area contributed by atoms with E-state index < -0.39 is 0 Å². The summed E-state index contributed by atoms with van der Waals surface area (Å²) in [5.41, 5.74) is 2.15. The van der Waals surface area contributed by atoms with Crippen molar-refractivity contribution in [1.29, 1.82) is 0 Å². The van der Waals surface area contributed by atoms with E-state index in [1.165, 1.54) is 6.07 Å². The van der Waals surface area contributed by atoms with E-state index in [0.717, 1.165) is 30.0 Å². The summed E-state index contributed by atoms with van der Waals surface area (Å²) < 4.78 is 13.6. The van der Waals surface area contributed by atoms with Gasteiger partial charge >= 0.3 is 0 Å². The van der Waals surface area contributed by atoms with E-state index >= 15 is 0 Å². The van der Waals surface area contributed by atoms with Crippen LogP contribution in [0.25, 0.3) is 11.3 Å². The van der Waals surface area contributed by atoms with E-state index in [0.29, 0.717) is 11.4 Å². The first kappa shape index (κ1) is 13.5. The van der Waals surface area contributed by atoms with Crippen molar-refractivity contribution in [1.82, 2.24) is 9.97 Å². The molecule has 2 aromatic rings. The lowest BCUT2D eigenvalue weighted by Crippen LogP contribution is -2.04. The monoisotopic (exact) mass is 259 g/mol. The largest absolute Gasteiger partial charge is 0.370 e. The first-order chi connectivity index (χ1) is 9.10.